The first-order valence-electron chi connectivity index (χ1n) is 6.67. The number of benzene rings is 1. The van der Waals surface area contributed by atoms with E-state index >= 15 is 0 Å². The van der Waals surface area contributed by atoms with E-state index in [2.05, 4.69) is 22.2 Å². The van der Waals surface area contributed by atoms with Crippen LogP contribution in [0.25, 0.3) is 0 Å². The lowest BCUT2D eigenvalue weighted by molar-refractivity contribution is 0.808. The largest absolute Gasteiger partial charge is 0.340 e. The summed E-state index contributed by atoms with van der Waals surface area (Å²) in [5.74, 6) is 0.882. The number of pyridine rings is 1. The van der Waals surface area contributed by atoms with Gasteiger partial charge < -0.3 is 5.32 Å². The van der Waals surface area contributed by atoms with E-state index in [1.807, 2.05) is 48.7 Å². The number of hydrogen-bond donors (Lipinski definition) is 1. The molecule has 2 aromatic rings. The van der Waals surface area contributed by atoms with Crippen molar-refractivity contribution >= 4 is 11.5 Å². The zero-order valence-corrected chi connectivity index (χ0v) is 11.2. The average Bonchev–Trinajstić information content (AvgIpc) is 2.48. The van der Waals surface area contributed by atoms with Crippen LogP contribution in [0.2, 0.25) is 0 Å². The number of hydrogen-bond acceptors (Lipinski definition) is 2. The van der Waals surface area contributed by atoms with Crippen molar-refractivity contribution in [3.63, 3.8) is 0 Å². The summed E-state index contributed by atoms with van der Waals surface area (Å²) in [5, 5.41) is 3.36. The Bertz CT molecular complexity index is 506. The molecule has 1 aromatic carbocycles. The molecule has 0 saturated carbocycles. The SMILES string of the molecule is CCCCN=C(Nc1ccccc1)c1cccnc1. The molecule has 0 bridgehead atoms. The number of anilines is 1. The van der Waals surface area contributed by atoms with Gasteiger partial charge in [0.05, 0.1) is 0 Å². The zero-order chi connectivity index (χ0) is 13.3. The number of unbranched alkanes of at least 4 members (excludes halogenated alkanes) is 1. The normalized spacial score (nSPS) is 11.3. The second kappa shape index (κ2) is 7.31. The Labute approximate surface area is 114 Å². The Hall–Kier alpha value is -2.16. The molecule has 3 nitrogen and oxygen atoms in total. The lowest BCUT2D eigenvalue weighted by atomic mass is 10.2. The fourth-order valence-electron chi connectivity index (χ4n) is 1.71. The van der Waals surface area contributed by atoms with Gasteiger partial charge in [0.1, 0.15) is 5.84 Å². The number of aliphatic imine (C=N–C) groups is 1. The molecule has 0 spiro atoms. The lowest BCUT2D eigenvalue weighted by Gasteiger charge is -2.10. The molecule has 19 heavy (non-hydrogen) atoms. The van der Waals surface area contributed by atoms with E-state index in [1.165, 1.54) is 0 Å². The molecule has 0 aliphatic heterocycles. The van der Waals surface area contributed by atoms with Gasteiger partial charge in [0.2, 0.25) is 0 Å². The van der Waals surface area contributed by atoms with E-state index < -0.39 is 0 Å². The van der Waals surface area contributed by atoms with Gasteiger partial charge in [-0.2, -0.15) is 0 Å². The first-order valence-corrected chi connectivity index (χ1v) is 6.67. The van der Waals surface area contributed by atoms with Crippen LogP contribution in [0.3, 0.4) is 0 Å². The maximum atomic E-state index is 4.64. The highest BCUT2D eigenvalue weighted by molar-refractivity contribution is 6.08. The third-order valence-corrected chi connectivity index (χ3v) is 2.75. The van der Waals surface area contributed by atoms with Gasteiger partial charge >= 0.3 is 0 Å². The summed E-state index contributed by atoms with van der Waals surface area (Å²) in [6.45, 7) is 3.00. The van der Waals surface area contributed by atoms with Gasteiger partial charge in [-0.05, 0) is 30.7 Å². The van der Waals surface area contributed by atoms with E-state index in [0.29, 0.717) is 0 Å². The number of nitrogens with one attached hydrogen (secondary N) is 1. The molecule has 98 valence electrons. The maximum absolute atomic E-state index is 4.64. The van der Waals surface area contributed by atoms with Crippen LogP contribution in [-0.4, -0.2) is 17.4 Å². The fraction of sp³-hybridized carbons (Fsp3) is 0.250. The highest BCUT2D eigenvalue weighted by Crippen LogP contribution is 2.09. The number of rotatable bonds is 5. The van der Waals surface area contributed by atoms with Crippen LogP contribution in [-0.2, 0) is 0 Å². The van der Waals surface area contributed by atoms with E-state index in [-0.39, 0.29) is 0 Å². The van der Waals surface area contributed by atoms with Gasteiger partial charge in [0, 0.05) is 30.2 Å². The number of nitrogens with zero attached hydrogens (tertiary/aromatic N) is 2. The first kappa shape index (κ1) is 13.3. The van der Waals surface area contributed by atoms with Gasteiger partial charge in [0.25, 0.3) is 0 Å². The highest BCUT2D eigenvalue weighted by Gasteiger charge is 2.03. The molecule has 1 aromatic heterocycles. The van der Waals surface area contributed by atoms with Crippen LogP contribution in [0, 0.1) is 0 Å². The molecular weight excluding hydrogens is 234 g/mol. The van der Waals surface area contributed by atoms with Gasteiger partial charge in [-0.25, -0.2) is 0 Å². The average molecular weight is 253 g/mol. The molecular formula is C16H19N3. The van der Waals surface area contributed by atoms with E-state index in [1.54, 1.807) is 6.20 Å². The molecule has 0 atom stereocenters. The molecule has 2 rings (SSSR count). The molecule has 1 N–H and O–H groups in total. The van der Waals surface area contributed by atoms with Crippen molar-refractivity contribution in [1.82, 2.24) is 4.98 Å². The fourth-order valence-corrected chi connectivity index (χ4v) is 1.71. The minimum Gasteiger partial charge on any atom is -0.340 e. The first-order chi connectivity index (χ1) is 9.40. The van der Waals surface area contributed by atoms with Crippen LogP contribution in [0.1, 0.15) is 25.3 Å². The summed E-state index contributed by atoms with van der Waals surface area (Å²) in [6, 6.07) is 14.0. The molecule has 0 aliphatic rings. The predicted octanol–water partition coefficient (Wildman–Crippen LogP) is 3.74. The minimum absolute atomic E-state index is 0.834. The second-order valence-electron chi connectivity index (χ2n) is 4.32. The summed E-state index contributed by atoms with van der Waals surface area (Å²) in [6.07, 6.45) is 5.85. The summed E-state index contributed by atoms with van der Waals surface area (Å²) in [4.78, 5) is 8.80. The number of aromatic nitrogens is 1. The minimum atomic E-state index is 0.834. The summed E-state index contributed by atoms with van der Waals surface area (Å²) in [7, 11) is 0. The third-order valence-electron chi connectivity index (χ3n) is 2.75. The van der Waals surface area contributed by atoms with Gasteiger partial charge in [-0.15, -0.1) is 0 Å². The number of amidine groups is 1. The molecule has 0 saturated heterocycles. The van der Waals surface area contributed by atoms with Crippen LogP contribution < -0.4 is 5.32 Å². The summed E-state index contributed by atoms with van der Waals surface area (Å²) < 4.78 is 0. The van der Waals surface area contributed by atoms with Crippen molar-refractivity contribution in [3.8, 4) is 0 Å². The van der Waals surface area contributed by atoms with Crippen molar-refractivity contribution in [2.75, 3.05) is 11.9 Å². The molecule has 0 fully saturated rings. The van der Waals surface area contributed by atoms with Crippen molar-refractivity contribution in [1.29, 1.82) is 0 Å². The standard InChI is InChI=1S/C16H19N3/c1-2-3-12-18-16(14-8-7-11-17-13-14)19-15-9-5-4-6-10-15/h4-11,13H,2-3,12H2,1H3,(H,18,19). The van der Waals surface area contributed by atoms with Crippen molar-refractivity contribution in [2.45, 2.75) is 19.8 Å². The van der Waals surface area contributed by atoms with E-state index in [9.17, 15) is 0 Å². The van der Waals surface area contributed by atoms with Crippen molar-refractivity contribution in [2.24, 2.45) is 4.99 Å². The van der Waals surface area contributed by atoms with Gasteiger partial charge in [-0.1, -0.05) is 31.5 Å². The Morgan fingerprint density at radius 1 is 1.16 bits per heavy atom. The van der Waals surface area contributed by atoms with Gasteiger partial charge in [0.15, 0.2) is 0 Å². The van der Waals surface area contributed by atoms with E-state index in [4.69, 9.17) is 0 Å². The molecule has 3 heteroatoms. The molecule has 0 unspecified atom stereocenters. The Kier molecular flexibility index (Phi) is 5.11. The summed E-state index contributed by atoms with van der Waals surface area (Å²) >= 11 is 0. The maximum Gasteiger partial charge on any atom is 0.134 e. The molecule has 0 amide bonds. The smallest absolute Gasteiger partial charge is 0.134 e. The van der Waals surface area contributed by atoms with Crippen LogP contribution in [0.15, 0.2) is 59.9 Å². The van der Waals surface area contributed by atoms with E-state index in [0.717, 1.165) is 36.5 Å². The molecule has 0 aliphatic carbocycles. The van der Waals surface area contributed by atoms with Crippen LogP contribution in [0.5, 0.6) is 0 Å². The highest BCUT2D eigenvalue weighted by atomic mass is 15.0. The zero-order valence-electron chi connectivity index (χ0n) is 11.2. The monoisotopic (exact) mass is 253 g/mol. The number of para-hydroxylation sites is 1. The predicted molar refractivity (Wildman–Crippen MR) is 80.6 cm³/mol. The third kappa shape index (κ3) is 4.21. The van der Waals surface area contributed by atoms with Crippen LogP contribution in [0.4, 0.5) is 5.69 Å². The molecule has 0 radical (unpaired) electrons. The Morgan fingerprint density at radius 3 is 2.68 bits per heavy atom. The topological polar surface area (TPSA) is 37.3 Å². The molecule has 1 heterocycles. The van der Waals surface area contributed by atoms with Crippen molar-refractivity contribution in [3.05, 3.63) is 60.4 Å². The Morgan fingerprint density at radius 2 is 2.00 bits per heavy atom. The summed E-state index contributed by atoms with van der Waals surface area (Å²) in [5.41, 5.74) is 2.06. The Balaban J connectivity index is 2.17. The lowest BCUT2D eigenvalue weighted by Crippen LogP contribution is -2.14. The quantitative estimate of drug-likeness (QED) is 0.500. The second-order valence-corrected chi connectivity index (χ2v) is 4.32. The van der Waals surface area contributed by atoms with Crippen LogP contribution >= 0.6 is 0 Å². The van der Waals surface area contributed by atoms with Gasteiger partial charge in [-0.3, -0.25) is 9.98 Å². The van der Waals surface area contributed by atoms with Crippen molar-refractivity contribution < 1.29 is 0 Å².